The molecule has 0 unspecified atom stereocenters. The smallest absolute Gasteiger partial charge is 0.250 e. The second-order valence-electron chi connectivity index (χ2n) is 7.48. The van der Waals surface area contributed by atoms with Gasteiger partial charge in [0.15, 0.2) is 15.7 Å². The second-order valence-corrected chi connectivity index (χ2v) is 9.94. The average molecular weight is 368 g/mol. The number of amides is 1. The van der Waals surface area contributed by atoms with Crippen LogP contribution in [0.5, 0.6) is 5.88 Å². The quantitative estimate of drug-likeness (QED) is 0.800. The zero-order valence-corrected chi connectivity index (χ0v) is 14.8. The molecule has 2 aliphatic heterocycles. The maximum Gasteiger partial charge on any atom is 0.250 e. The number of aromatic nitrogens is 1. The Morgan fingerprint density at radius 1 is 1.48 bits per heavy atom. The van der Waals surface area contributed by atoms with Gasteiger partial charge in [0.05, 0.1) is 12.4 Å². The third-order valence-corrected chi connectivity index (χ3v) is 8.50. The average Bonchev–Trinajstić information content (AvgIpc) is 3.19. The molecule has 1 aromatic heterocycles. The lowest BCUT2D eigenvalue weighted by Gasteiger charge is -2.50. The van der Waals surface area contributed by atoms with Crippen molar-refractivity contribution in [3.8, 4) is 5.88 Å². The molecule has 4 rings (SSSR count). The molecule has 136 valence electrons. The molecular formula is C17H21FN2O4S. The molecular weight excluding hydrogens is 347 g/mol. The number of carbonyl (C=O) groups is 1. The van der Waals surface area contributed by atoms with E-state index in [2.05, 4.69) is 4.98 Å². The normalized spacial score (nSPS) is 31.6. The molecule has 2 saturated heterocycles. The van der Waals surface area contributed by atoms with E-state index in [-0.39, 0.29) is 49.1 Å². The highest BCUT2D eigenvalue weighted by molar-refractivity contribution is 7.93. The molecule has 6 nitrogen and oxygen atoms in total. The predicted octanol–water partition coefficient (Wildman–Crippen LogP) is 1.27. The molecule has 1 amide bonds. The molecule has 1 saturated carbocycles. The van der Waals surface area contributed by atoms with E-state index in [9.17, 15) is 17.6 Å². The Labute approximate surface area is 146 Å². The van der Waals surface area contributed by atoms with Gasteiger partial charge in [-0.15, -0.1) is 0 Å². The van der Waals surface area contributed by atoms with Crippen molar-refractivity contribution in [2.24, 2.45) is 17.8 Å². The van der Waals surface area contributed by atoms with Crippen LogP contribution in [0, 0.1) is 23.6 Å². The first-order valence-electron chi connectivity index (χ1n) is 8.58. The number of likely N-dealkylation sites (tertiary alicyclic amines) is 1. The molecule has 3 heterocycles. The van der Waals surface area contributed by atoms with Crippen molar-refractivity contribution in [3.05, 3.63) is 24.1 Å². The van der Waals surface area contributed by atoms with Crippen molar-refractivity contribution >= 4 is 15.7 Å². The summed E-state index contributed by atoms with van der Waals surface area (Å²) in [4.78, 5) is 17.8. The predicted molar refractivity (Wildman–Crippen MR) is 88.2 cm³/mol. The summed E-state index contributed by atoms with van der Waals surface area (Å²) in [6.45, 7) is 2.59. The largest absolute Gasteiger partial charge is 0.475 e. The van der Waals surface area contributed by atoms with Crippen LogP contribution in [0.1, 0.15) is 19.8 Å². The van der Waals surface area contributed by atoms with Crippen LogP contribution in [0.2, 0.25) is 0 Å². The number of hydrogen-bond acceptors (Lipinski definition) is 5. The first-order chi connectivity index (χ1) is 11.8. The number of hydrogen-bond donors (Lipinski definition) is 0. The fourth-order valence-corrected chi connectivity index (χ4v) is 6.42. The summed E-state index contributed by atoms with van der Waals surface area (Å²) in [6.07, 6.45) is 2.79. The lowest BCUT2D eigenvalue weighted by Crippen LogP contribution is -2.69. The molecule has 8 heteroatoms. The highest BCUT2D eigenvalue weighted by Gasteiger charge is 2.63. The van der Waals surface area contributed by atoms with Crippen LogP contribution in [0.15, 0.2) is 18.3 Å². The number of halogens is 1. The molecule has 0 aromatic carbocycles. The van der Waals surface area contributed by atoms with Crippen molar-refractivity contribution in [1.82, 2.24) is 9.88 Å². The SMILES string of the molecule is C[C@@H]1C[C@H]1C(=O)N1CC2(C1)[C@@H](COc1ncccc1F)CCS2(=O)=O. The van der Waals surface area contributed by atoms with Gasteiger partial charge in [0.1, 0.15) is 4.75 Å². The number of carbonyl (C=O) groups excluding carboxylic acids is 1. The molecule has 3 aliphatic rings. The summed E-state index contributed by atoms with van der Waals surface area (Å²) < 4.78 is 43.3. The Morgan fingerprint density at radius 3 is 2.84 bits per heavy atom. The first-order valence-corrected chi connectivity index (χ1v) is 10.2. The summed E-state index contributed by atoms with van der Waals surface area (Å²) in [5.41, 5.74) is 0. The monoisotopic (exact) mass is 368 g/mol. The van der Waals surface area contributed by atoms with Gasteiger partial charge >= 0.3 is 0 Å². The number of nitrogens with zero attached hydrogens (tertiary/aromatic N) is 2. The van der Waals surface area contributed by atoms with E-state index in [4.69, 9.17) is 4.74 Å². The minimum absolute atomic E-state index is 0.0544. The van der Waals surface area contributed by atoms with Crippen LogP contribution in [-0.4, -0.2) is 54.4 Å². The maximum absolute atomic E-state index is 13.6. The highest BCUT2D eigenvalue weighted by atomic mass is 32.2. The zero-order chi connectivity index (χ0) is 17.8. The van der Waals surface area contributed by atoms with Crippen molar-refractivity contribution in [1.29, 1.82) is 0 Å². The Bertz CT molecular complexity index is 807. The molecule has 1 spiro atoms. The van der Waals surface area contributed by atoms with E-state index in [0.29, 0.717) is 12.3 Å². The minimum Gasteiger partial charge on any atom is -0.475 e. The number of pyridine rings is 1. The van der Waals surface area contributed by atoms with Crippen molar-refractivity contribution in [3.63, 3.8) is 0 Å². The summed E-state index contributed by atoms with van der Waals surface area (Å²) >= 11 is 0. The van der Waals surface area contributed by atoms with Gasteiger partial charge in [-0.05, 0) is 30.9 Å². The Balaban J connectivity index is 1.46. The lowest BCUT2D eigenvalue weighted by atomic mass is 9.83. The molecule has 0 N–H and O–H groups in total. The summed E-state index contributed by atoms with van der Waals surface area (Å²) in [5, 5.41) is 0. The summed E-state index contributed by atoms with van der Waals surface area (Å²) in [7, 11) is -3.29. The fraction of sp³-hybridized carbons (Fsp3) is 0.647. The molecule has 3 atom stereocenters. The fourth-order valence-electron chi connectivity index (χ4n) is 4.02. The van der Waals surface area contributed by atoms with E-state index >= 15 is 0 Å². The van der Waals surface area contributed by atoms with Gasteiger partial charge in [0.25, 0.3) is 0 Å². The van der Waals surface area contributed by atoms with Gasteiger partial charge in [-0.1, -0.05) is 6.92 Å². The van der Waals surface area contributed by atoms with E-state index < -0.39 is 20.4 Å². The second kappa shape index (κ2) is 5.65. The van der Waals surface area contributed by atoms with Gasteiger partial charge < -0.3 is 9.64 Å². The van der Waals surface area contributed by atoms with Crippen LogP contribution >= 0.6 is 0 Å². The molecule has 1 aromatic rings. The number of sulfone groups is 1. The third-order valence-electron chi connectivity index (χ3n) is 5.90. The number of ether oxygens (including phenoxy) is 1. The minimum atomic E-state index is -3.29. The summed E-state index contributed by atoms with van der Waals surface area (Å²) in [5.74, 6) is -0.316. The van der Waals surface area contributed by atoms with Gasteiger partial charge in [-0.25, -0.2) is 17.8 Å². The molecule has 3 fully saturated rings. The molecule has 0 radical (unpaired) electrons. The van der Waals surface area contributed by atoms with E-state index in [0.717, 1.165) is 6.42 Å². The standard InChI is InChI=1S/C17H21FN2O4S/c1-11-7-13(11)16(21)20-9-17(10-20)12(4-6-25(17,22)23)8-24-15-14(18)3-2-5-19-15/h2-3,5,11-13H,4,6-10H2,1H3/t11-,12-,13-/m1/s1. The molecule has 1 aliphatic carbocycles. The van der Waals surface area contributed by atoms with Gasteiger partial charge in [0, 0.05) is 31.1 Å². The number of rotatable bonds is 4. The highest BCUT2D eigenvalue weighted by Crippen LogP contribution is 2.47. The van der Waals surface area contributed by atoms with Gasteiger partial charge in [-0.3, -0.25) is 4.79 Å². The Kier molecular flexibility index (Phi) is 3.79. The van der Waals surface area contributed by atoms with E-state index in [1.807, 2.05) is 6.92 Å². The van der Waals surface area contributed by atoms with E-state index in [1.165, 1.54) is 18.3 Å². The topological polar surface area (TPSA) is 76.6 Å². The van der Waals surface area contributed by atoms with E-state index in [1.54, 1.807) is 4.90 Å². The van der Waals surface area contributed by atoms with Crippen LogP contribution in [-0.2, 0) is 14.6 Å². The third kappa shape index (κ3) is 2.61. The molecule has 25 heavy (non-hydrogen) atoms. The van der Waals surface area contributed by atoms with Gasteiger partial charge in [-0.2, -0.15) is 0 Å². The van der Waals surface area contributed by atoms with Crippen LogP contribution in [0.4, 0.5) is 4.39 Å². The lowest BCUT2D eigenvalue weighted by molar-refractivity contribution is -0.139. The Hall–Kier alpha value is -1.70. The summed E-state index contributed by atoms with van der Waals surface area (Å²) in [6, 6.07) is 2.72. The van der Waals surface area contributed by atoms with Crippen molar-refractivity contribution in [2.45, 2.75) is 24.5 Å². The zero-order valence-electron chi connectivity index (χ0n) is 14.0. The van der Waals surface area contributed by atoms with Crippen LogP contribution in [0.3, 0.4) is 0 Å². The Morgan fingerprint density at radius 2 is 2.20 bits per heavy atom. The maximum atomic E-state index is 13.6. The van der Waals surface area contributed by atoms with Gasteiger partial charge in [0.2, 0.25) is 11.8 Å². The molecule has 0 bridgehead atoms. The first kappa shape index (κ1) is 16.8. The van der Waals surface area contributed by atoms with Crippen molar-refractivity contribution in [2.75, 3.05) is 25.4 Å². The van der Waals surface area contributed by atoms with Crippen molar-refractivity contribution < 1.29 is 22.3 Å². The van der Waals surface area contributed by atoms with Crippen LogP contribution in [0.25, 0.3) is 0 Å². The van der Waals surface area contributed by atoms with Crippen LogP contribution < -0.4 is 4.74 Å².